The van der Waals surface area contributed by atoms with E-state index in [1.54, 1.807) is 12.1 Å². The molecule has 2 aromatic rings. The zero-order valence-electron chi connectivity index (χ0n) is 8.28. The number of hydrogen-bond donors (Lipinski definition) is 2. The van der Waals surface area contributed by atoms with Crippen molar-refractivity contribution in [2.75, 3.05) is 6.54 Å². The lowest BCUT2D eigenvalue weighted by Crippen LogP contribution is -2.04. The maximum atomic E-state index is 9.39. The molecule has 1 aromatic carbocycles. The number of rotatable bonds is 3. The van der Waals surface area contributed by atoms with E-state index in [2.05, 4.69) is 20.5 Å². The molecule has 0 unspecified atom stereocenters. The number of benzene rings is 1. The monoisotopic (exact) mass is 268 g/mol. The molecule has 0 radical (unpaired) electrons. The SMILES string of the molecule is NCCCn1cc(Br)c2cc(O)ccc21. The average Bonchev–Trinajstić information content (AvgIpc) is 2.53. The van der Waals surface area contributed by atoms with E-state index < -0.39 is 0 Å². The van der Waals surface area contributed by atoms with Gasteiger partial charge in [0.05, 0.1) is 0 Å². The van der Waals surface area contributed by atoms with E-state index in [0.717, 1.165) is 28.3 Å². The molecule has 1 heterocycles. The number of hydrogen-bond acceptors (Lipinski definition) is 2. The molecular formula is C11H13BrN2O. The van der Waals surface area contributed by atoms with Crippen LogP contribution in [-0.4, -0.2) is 16.2 Å². The van der Waals surface area contributed by atoms with Crippen LogP contribution in [0, 0.1) is 0 Å². The van der Waals surface area contributed by atoms with Gasteiger partial charge in [0.25, 0.3) is 0 Å². The maximum Gasteiger partial charge on any atom is 0.116 e. The number of phenolic OH excluding ortho intramolecular Hbond substituents is 1. The molecule has 0 saturated carbocycles. The Morgan fingerprint density at radius 3 is 2.93 bits per heavy atom. The molecule has 0 bridgehead atoms. The standard InChI is InChI=1S/C11H13BrN2O/c12-10-7-14(5-1-4-13)11-3-2-8(15)6-9(10)11/h2-3,6-7,15H,1,4-5,13H2. The number of nitrogens with zero attached hydrogens (tertiary/aromatic N) is 1. The van der Waals surface area contributed by atoms with Crippen molar-refractivity contribution >= 4 is 26.8 Å². The smallest absolute Gasteiger partial charge is 0.116 e. The number of halogens is 1. The Bertz CT molecular complexity index is 479. The molecule has 80 valence electrons. The fraction of sp³-hybridized carbons (Fsp3) is 0.273. The number of fused-ring (bicyclic) bond motifs is 1. The first-order chi connectivity index (χ1) is 7.22. The first kappa shape index (κ1) is 10.5. The number of aromatic hydroxyl groups is 1. The van der Waals surface area contributed by atoms with E-state index in [0.29, 0.717) is 12.3 Å². The summed E-state index contributed by atoms with van der Waals surface area (Å²) >= 11 is 3.48. The molecule has 3 nitrogen and oxygen atoms in total. The van der Waals surface area contributed by atoms with Gasteiger partial charge in [-0.15, -0.1) is 0 Å². The fourth-order valence-corrected chi connectivity index (χ4v) is 2.25. The molecule has 0 aliphatic carbocycles. The second-order valence-corrected chi connectivity index (χ2v) is 4.37. The first-order valence-corrected chi connectivity index (χ1v) is 5.69. The van der Waals surface area contributed by atoms with Gasteiger partial charge in [0.15, 0.2) is 0 Å². The highest BCUT2D eigenvalue weighted by Gasteiger charge is 2.06. The van der Waals surface area contributed by atoms with Crippen LogP contribution in [0.25, 0.3) is 10.9 Å². The van der Waals surface area contributed by atoms with Crippen LogP contribution in [0.1, 0.15) is 6.42 Å². The van der Waals surface area contributed by atoms with Crippen molar-refractivity contribution in [3.05, 3.63) is 28.9 Å². The molecule has 2 rings (SSSR count). The number of phenols is 1. The summed E-state index contributed by atoms with van der Waals surface area (Å²) in [4.78, 5) is 0. The molecule has 0 saturated heterocycles. The van der Waals surface area contributed by atoms with Crippen LogP contribution >= 0.6 is 15.9 Å². The highest BCUT2D eigenvalue weighted by molar-refractivity contribution is 9.10. The van der Waals surface area contributed by atoms with E-state index in [-0.39, 0.29) is 0 Å². The summed E-state index contributed by atoms with van der Waals surface area (Å²) in [6.45, 7) is 1.60. The molecule has 0 spiro atoms. The normalized spacial score (nSPS) is 11.1. The predicted molar refractivity (Wildman–Crippen MR) is 65.0 cm³/mol. The van der Waals surface area contributed by atoms with Gasteiger partial charge < -0.3 is 15.4 Å². The molecule has 15 heavy (non-hydrogen) atoms. The fourth-order valence-electron chi connectivity index (χ4n) is 1.69. The Morgan fingerprint density at radius 2 is 2.20 bits per heavy atom. The van der Waals surface area contributed by atoms with Crippen LogP contribution in [0.15, 0.2) is 28.9 Å². The van der Waals surface area contributed by atoms with Crippen LogP contribution in [0.5, 0.6) is 5.75 Å². The topological polar surface area (TPSA) is 51.2 Å². The third-order valence-electron chi connectivity index (χ3n) is 2.42. The Labute approximate surface area is 96.6 Å². The Hall–Kier alpha value is -1.00. The highest BCUT2D eigenvalue weighted by Crippen LogP contribution is 2.29. The second-order valence-electron chi connectivity index (χ2n) is 3.51. The Kier molecular flexibility index (Phi) is 2.98. The minimum absolute atomic E-state index is 0.291. The van der Waals surface area contributed by atoms with Crippen molar-refractivity contribution in [3.63, 3.8) is 0 Å². The van der Waals surface area contributed by atoms with Crippen LogP contribution in [0.3, 0.4) is 0 Å². The number of nitrogens with two attached hydrogens (primary N) is 1. The lowest BCUT2D eigenvalue weighted by molar-refractivity contribution is 0.476. The van der Waals surface area contributed by atoms with Gasteiger partial charge >= 0.3 is 0 Å². The van der Waals surface area contributed by atoms with Crippen molar-refractivity contribution in [2.45, 2.75) is 13.0 Å². The first-order valence-electron chi connectivity index (χ1n) is 4.90. The van der Waals surface area contributed by atoms with Crippen LogP contribution < -0.4 is 5.73 Å². The van der Waals surface area contributed by atoms with E-state index in [4.69, 9.17) is 5.73 Å². The van der Waals surface area contributed by atoms with Gasteiger partial charge in [-0.2, -0.15) is 0 Å². The number of aromatic nitrogens is 1. The van der Waals surface area contributed by atoms with Crippen LogP contribution in [-0.2, 0) is 6.54 Å². The summed E-state index contributed by atoms with van der Waals surface area (Å²) in [5.41, 5.74) is 6.60. The lowest BCUT2D eigenvalue weighted by Gasteiger charge is -2.03. The summed E-state index contributed by atoms with van der Waals surface area (Å²) in [6, 6.07) is 5.39. The van der Waals surface area contributed by atoms with Crippen LogP contribution in [0.4, 0.5) is 0 Å². The van der Waals surface area contributed by atoms with Gasteiger partial charge in [-0.3, -0.25) is 0 Å². The molecule has 0 aliphatic heterocycles. The van der Waals surface area contributed by atoms with E-state index >= 15 is 0 Å². The molecule has 1 aromatic heterocycles. The van der Waals surface area contributed by atoms with Crippen molar-refractivity contribution in [2.24, 2.45) is 5.73 Å². The largest absolute Gasteiger partial charge is 0.508 e. The minimum atomic E-state index is 0.291. The van der Waals surface area contributed by atoms with Gasteiger partial charge in [0, 0.05) is 28.1 Å². The summed E-state index contributed by atoms with van der Waals surface area (Å²) in [7, 11) is 0. The molecule has 0 fully saturated rings. The Morgan fingerprint density at radius 1 is 1.40 bits per heavy atom. The van der Waals surface area contributed by atoms with Crippen molar-refractivity contribution < 1.29 is 5.11 Å². The van der Waals surface area contributed by atoms with Gasteiger partial charge in [-0.05, 0) is 47.1 Å². The van der Waals surface area contributed by atoms with Gasteiger partial charge in [0.1, 0.15) is 5.75 Å². The third-order valence-corrected chi connectivity index (χ3v) is 3.05. The second kappa shape index (κ2) is 4.24. The lowest BCUT2D eigenvalue weighted by atomic mass is 10.2. The van der Waals surface area contributed by atoms with E-state index in [9.17, 15) is 5.11 Å². The molecule has 4 heteroatoms. The molecule has 0 atom stereocenters. The summed E-state index contributed by atoms with van der Waals surface area (Å²) in [6.07, 6.45) is 2.98. The Balaban J connectivity index is 2.48. The van der Waals surface area contributed by atoms with E-state index in [1.165, 1.54) is 0 Å². The average molecular weight is 269 g/mol. The zero-order chi connectivity index (χ0) is 10.8. The summed E-state index contributed by atoms with van der Waals surface area (Å²) in [5.74, 6) is 0.291. The molecule has 0 amide bonds. The van der Waals surface area contributed by atoms with Crippen molar-refractivity contribution in [1.29, 1.82) is 0 Å². The molecular weight excluding hydrogens is 256 g/mol. The van der Waals surface area contributed by atoms with Crippen molar-refractivity contribution in [1.82, 2.24) is 4.57 Å². The summed E-state index contributed by atoms with van der Waals surface area (Å²) in [5, 5.41) is 10.4. The van der Waals surface area contributed by atoms with E-state index in [1.807, 2.05) is 12.3 Å². The minimum Gasteiger partial charge on any atom is -0.508 e. The number of aryl methyl sites for hydroxylation is 1. The van der Waals surface area contributed by atoms with Gasteiger partial charge in [0.2, 0.25) is 0 Å². The molecule has 3 N–H and O–H groups in total. The summed E-state index contributed by atoms with van der Waals surface area (Å²) < 4.78 is 3.15. The predicted octanol–water partition coefficient (Wildman–Crippen LogP) is 2.46. The van der Waals surface area contributed by atoms with Gasteiger partial charge in [-0.1, -0.05) is 0 Å². The highest BCUT2D eigenvalue weighted by atomic mass is 79.9. The van der Waals surface area contributed by atoms with Crippen LogP contribution in [0.2, 0.25) is 0 Å². The molecule has 0 aliphatic rings. The maximum absolute atomic E-state index is 9.39. The third kappa shape index (κ3) is 2.01. The van der Waals surface area contributed by atoms with Crippen molar-refractivity contribution in [3.8, 4) is 5.75 Å². The quantitative estimate of drug-likeness (QED) is 0.899. The zero-order valence-corrected chi connectivity index (χ0v) is 9.87. The van der Waals surface area contributed by atoms with Gasteiger partial charge in [-0.25, -0.2) is 0 Å².